The number of nitrogens with one attached hydrogen (secondary N) is 1. The number of carboxylic acid groups (broad SMARTS) is 1. The summed E-state index contributed by atoms with van der Waals surface area (Å²) in [7, 11) is 0. The molecule has 2 saturated heterocycles. The summed E-state index contributed by atoms with van der Waals surface area (Å²) in [5.74, 6) is -1.08. The molecule has 6 rings (SSSR count). The molecule has 0 aliphatic carbocycles. The first-order valence-electron chi connectivity index (χ1n) is 14.4. The second kappa shape index (κ2) is 11.9. The van der Waals surface area contributed by atoms with Crippen molar-refractivity contribution in [3.05, 3.63) is 77.1 Å². The van der Waals surface area contributed by atoms with Gasteiger partial charge >= 0.3 is 12.1 Å². The van der Waals surface area contributed by atoms with Crippen LogP contribution in [0.5, 0.6) is 5.88 Å². The zero-order valence-corrected chi connectivity index (χ0v) is 25.0. The Bertz CT molecular complexity index is 1720. The van der Waals surface area contributed by atoms with E-state index in [-0.39, 0.29) is 28.5 Å². The van der Waals surface area contributed by atoms with Crippen molar-refractivity contribution in [3.8, 4) is 22.7 Å². The highest BCUT2D eigenvalue weighted by Crippen LogP contribution is 2.43. The molecule has 0 amide bonds. The first kappa shape index (κ1) is 30.7. The molecule has 45 heavy (non-hydrogen) atoms. The Morgan fingerprint density at radius 1 is 1.13 bits per heavy atom. The van der Waals surface area contributed by atoms with Gasteiger partial charge in [0.15, 0.2) is 0 Å². The molecule has 14 heteroatoms. The van der Waals surface area contributed by atoms with Gasteiger partial charge in [0.1, 0.15) is 11.9 Å². The van der Waals surface area contributed by atoms with Gasteiger partial charge in [-0.2, -0.15) is 28.2 Å². The Hall–Kier alpha value is -4.36. The molecule has 10 nitrogen and oxygen atoms in total. The molecular formula is C31H31ClF3N7O3. The van der Waals surface area contributed by atoms with Gasteiger partial charge in [0.25, 0.3) is 0 Å². The molecule has 2 aromatic carbocycles. The maximum atomic E-state index is 14.8. The van der Waals surface area contributed by atoms with Crippen LogP contribution in [0.25, 0.3) is 16.8 Å². The monoisotopic (exact) mass is 641 g/mol. The number of aliphatic carboxylic acids is 1. The lowest BCUT2D eigenvalue weighted by molar-refractivity contribution is -0.198. The third-order valence-electron chi connectivity index (χ3n) is 8.49. The Morgan fingerprint density at radius 2 is 1.89 bits per heavy atom. The van der Waals surface area contributed by atoms with Crippen molar-refractivity contribution in [2.45, 2.75) is 44.5 Å². The third kappa shape index (κ3) is 6.54. The van der Waals surface area contributed by atoms with Crippen LogP contribution in [0.3, 0.4) is 0 Å². The average Bonchev–Trinajstić information content (AvgIpc) is 3.62. The predicted octanol–water partition coefficient (Wildman–Crippen LogP) is 5.59. The number of aryl methyl sites for hydroxylation is 1. The Labute approximate surface area is 262 Å². The number of piperidine rings is 1. The van der Waals surface area contributed by atoms with Crippen LogP contribution in [0.15, 0.2) is 60.8 Å². The Morgan fingerprint density at radius 3 is 2.53 bits per heavy atom. The van der Waals surface area contributed by atoms with Crippen LogP contribution in [0, 0.1) is 12.3 Å². The van der Waals surface area contributed by atoms with E-state index in [1.165, 1.54) is 16.8 Å². The van der Waals surface area contributed by atoms with E-state index >= 15 is 0 Å². The smallest absolute Gasteiger partial charge is 0.429 e. The highest BCUT2D eigenvalue weighted by atomic mass is 35.5. The second-order valence-electron chi connectivity index (χ2n) is 11.6. The summed E-state index contributed by atoms with van der Waals surface area (Å²) >= 11 is 6.18. The number of benzene rings is 2. The van der Waals surface area contributed by atoms with E-state index in [9.17, 15) is 23.1 Å². The minimum Gasteiger partial charge on any atom is -0.480 e. The minimum absolute atomic E-state index is 0.155. The van der Waals surface area contributed by atoms with E-state index < -0.39 is 24.3 Å². The summed E-state index contributed by atoms with van der Waals surface area (Å²) in [4.78, 5) is 21.6. The quantitative estimate of drug-likeness (QED) is 0.236. The highest BCUT2D eigenvalue weighted by molar-refractivity contribution is 6.30. The van der Waals surface area contributed by atoms with Crippen molar-refractivity contribution < 1.29 is 27.8 Å². The van der Waals surface area contributed by atoms with Crippen LogP contribution in [-0.4, -0.2) is 62.7 Å². The number of alkyl halides is 3. The van der Waals surface area contributed by atoms with Crippen molar-refractivity contribution >= 4 is 29.3 Å². The van der Waals surface area contributed by atoms with Crippen molar-refractivity contribution in [1.29, 1.82) is 0 Å². The number of hydrogen-bond acceptors (Lipinski definition) is 8. The van der Waals surface area contributed by atoms with Gasteiger partial charge in [-0.15, -0.1) is 0 Å². The molecule has 4 N–H and O–H groups in total. The van der Waals surface area contributed by atoms with Crippen LogP contribution < -0.4 is 20.7 Å². The number of carboxylic acids is 1. The second-order valence-corrected chi connectivity index (χ2v) is 12.0. The zero-order valence-electron chi connectivity index (χ0n) is 24.3. The number of nitrogens with zero attached hydrogens (tertiary/aromatic N) is 5. The third-order valence-corrected chi connectivity index (χ3v) is 8.72. The van der Waals surface area contributed by atoms with Crippen LogP contribution in [0.4, 0.5) is 24.9 Å². The molecular weight excluding hydrogens is 611 g/mol. The summed E-state index contributed by atoms with van der Waals surface area (Å²) < 4.78 is 51.3. The van der Waals surface area contributed by atoms with E-state index in [0.29, 0.717) is 61.0 Å². The maximum absolute atomic E-state index is 14.8. The molecule has 2 atom stereocenters. The number of halogens is 4. The summed E-state index contributed by atoms with van der Waals surface area (Å²) in [5.41, 5.74) is 7.82. The van der Waals surface area contributed by atoms with Gasteiger partial charge in [0.05, 0.1) is 11.4 Å². The van der Waals surface area contributed by atoms with E-state index in [0.717, 1.165) is 5.56 Å². The maximum Gasteiger partial charge on any atom is 0.429 e. The number of ether oxygens (including phenoxy) is 1. The molecule has 0 saturated carbocycles. The number of rotatable bonds is 7. The normalized spacial score (nSPS) is 18.7. The van der Waals surface area contributed by atoms with E-state index in [1.807, 2.05) is 11.0 Å². The molecule has 0 radical (unpaired) electrons. The highest BCUT2D eigenvalue weighted by Gasteiger charge is 2.46. The zero-order chi connectivity index (χ0) is 31.9. The van der Waals surface area contributed by atoms with Crippen molar-refractivity contribution in [2.24, 2.45) is 5.41 Å². The molecule has 2 fully saturated rings. The minimum atomic E-state index is -4.83. The number of hydrogen-bond donors (Lipinski definition) is 3. The van der Waals surface area contributed by atoms with Crippen molar-refractivity contribution in [3.63, 3.8) is 0 Å². The number of nitrogen functional groups attached to an aromatic ring is 1. The first-order valence-corrected chi connectivity index (χ1v) is 14.8. The van der Waals surface area contributed by atoms with Crippen LogP contribution >= 0.6 is 11.6 Å². The van der Waals surface area contributed by atoms with Crippen molar-refractivity contribution in [2.75, 3.05) is 30.3 Å². The fraction of sp³-hybridized carbons (Fsp3) is 0.355. The molecule has 1 spiro atoms. The lowest BCUT2D eigenvalue weighted by Crippen LogP contribution is -2.41. The van der Waals surface area contributed by atoms with E-state index in [2.05, 4.69) is 20.4 Å². The topological polar surface area (TPSA) is 131 Å². The fourth-order valence-corrected chi connectivity index (χ4v) is 6.31. The largest absolute Gasteiger partial charge is 0.480 e. The lowest BCUT2D eigenvalue weighted by atomic mass is 9.76. The van der Waals surface area contributed by atoms with Gasteiger partial charge in [-0.25, -0.2) is 4.68 Å². The van der Waals surface area contributed by atoms with Crippen LogP contribution in [0.2, 0.25) is 5.02 Å². The Kier molecular flexibility index (Phi) is 8.08. The summed E-state index contributed by atoms with van der Waals surface area (Å²) in [6.07, 6.45) is -3.73. The number of aromatic nitrogens is 4. The molecule has 2 unspecified atom stereocenters. The SMILES string of the molecule is Cc1ccn(-c2cc(-c3cccc(Cl)c3)ccc2C(Oc2cc(N3CCC4(CC3)CNC(C(=O)O)C4)nc(N)n2)C(F)(F)F)n1. The molecule has 0 bridgehead atoms. The molecule has 4 aromatic rings. The summed E-state index contributed by atoms with van der Waals surface area (Å²) in [5, 5.41) is 17.3. The number of anilines is 2. The van der Waals surface area contributed by atoms with Gasteiger partial charge in [0, 0.05) is 42.5 Å². The van der Waals surface area contributed by atoms with E-state index in [4.69, 9.17) is 22.1 Å². The molecule has 2 aromatic heterocycles. The van der Waals surface area contributed by atoms with Gasteiger partial charge in [-0.05, 0) is 67.0 Å². The molecule has 2 aliphatic rings. The van der Waals surface area contributed by atoms with Crippen LogP contribution in [0.1, 0.15) is 36.6 Å². The van der Waals surface area contributed by atoms with Gasteiger partial charge in [0.2, 0.25) is 17.9 Å². The van der Waals surface area contributed by atoms with Crippen molar-refractivity contribution in [1.82, 2.24) is 25.1 Å². The number of carbonyl (C=O) groups is 1. The average molecular weight is 642 g/mol. The summed E-state index contributed by atoms with van der Waals surface area (Å²) in [6, 6.07) is 14.1. The van der Waals surface area contributed by atoms with Gasteiger partial charge in [-0.1, -0.05) is 35.9 Å². The molecule has 236 valence electrons. The van der Waals surface area contributed by atoms with Gasteiger partial charge < -0.3 is 25.8 Å². The fourth-order valence-electron chi connectivity index (χ4n) is 6.12. The predicted molar refractivity (Wildman–Crippen MR) is 163 cm³/mol. The first-order chi connectivity index (χ1) is 21.4. The molecule has 2 aliphatic heterocycles. The molecule has 4 heterocycles. The van der Waals surface area contributed by atoms with E-state index in [1.54, 1.807) is 49.5 Å². The number of nitrogens with two attached hydrogens (primary N) is 1. The van der Waals surface area contributed by atoms with Crippen LogP contribution in [-0.2, 0) is 4.79 Å². The standard InChI is InChI=1S/C31H31ClF3N7O3/c1-18-7-10-42(40-18)24-14-20(19-3-2-4-21(32)13-19)5-6-22(24)27(31(33,34)35)45-26-15-25(38-29(36)39-26)41-11-8-30(9-12-41)16-23(28(43)44)37-17-30/h2-7,10,13-15,23,27,37H,8-9,11-12,16-17H2,1H3,(H,43,44)(H2,36,38,39). The summed E-state index contributed by atoms with van der Waals surface area (Å²) in [6.45, 7) is 3.40. The van der Waals surface area contributed by atoms with Gasteiger partial charge in [-0.3, -0.25) is 4.79 Å². The Balaban J connectivity index is 1.30. The lowest BCUT2D eigenvalue weighted by Gasteiger charge is -2.39.